The second-order valence-electron chi connectivity index (χ2n) is 13.0. The third-order valence-electron chi connectivity index (χ3n) is 9.92. The van der Waals surface area contributed by atoms with Gasteiger partial charge in [0.15, 0.2) is 5.84 Å². The highest BCUT2D eigenvalue weighted by molar-refractivity contribution is 6.23. The maximum atomic E-state index is 6.68. The monoisotopic (exact) mass is 653 g/mol. The van der Waals surface area contributed by atoms with Crippen LogP contribution < -0.4 is 5.32 Å². The van der Waals surface area contributed by atoms with Crippen molar-refractivity contribution in [1.29, 1.82) is 0 Å². The van der Waals surface area contributed by atoms with Crippen molar-refractivity contribution in [1.82, 2.24) is 5.32 Å². The topological polar surface area (TPSA) is 49.9 Å². The Bertz CT molecular complexity index is 2830. The molecular formula is C47H31N3O. The number of benzene rings is 8. The van der Waals surface area contributed by atoms with Gasteiger partial charge in [-0.25, -0.2) is 9.98 Å². The minimum absolute atomic E-state index is 0.317. The molecule has 240 valence electrons. The van der Waals surface area contributed by atoms with E-state index in [2.05, 4.69) is 151 Å². The zero-order chi connectivity index (χ0) is 33.7. The molecule has 0 fully saturated rings. The summed E-state index contributed by atoms with van der Waals surface area (Å²) < 4.78 is 6.68. The Balaban J connectivity index is 1.08. The largest absolute Gasteiger partial charge is 0.455 e. The van der Waals surface area contributed by atoms with E-state index in [0.29, 0.717) is 5.84 Å². The first-order valence-corrected chi connectivity index (χ1v) is 17.3. The molecule has 0 aliphatic carbocycles. The van der Waals surface area contributed by atoms with Crippen LogP contribution in [0.2, 0.25) is 0 Å². The summed E-state index contributed by atoms with van der Waals surface area (Å²) in [6.45, 7) is 0. The third kappa shape index (κ3) is 5.17. The number of amidine groups is 2. The minimum Gasteiger partial charge on any atom is -0.455 e. The molecule has 1 aliphatic rings. The summed E-state index contributed by atoms with van der Waals surface area (Å²) in [7, 11) is 0. The summed E-state index contributed by atoms with van der Waals surface area (Å²) in [6.07, 6.45) is -0.317. The number of hydrogen-bond acceptors (Lipinski definition) is 4. The lowest BCUT2D eigenvalue weighted by molar-refractivity contribution is 0.669. The fraction of sp³-hybridized carbons (Fsp3) is 0.0213. The molecule has 2 heterocycles. The van der Waals surface area contributed by atoms with Crippen LogP contribution in [-0.2, 0) is 0 Å². The summed E-state index contributed by atoms with van der Waals surface area (Å²) in [5.74, 6) is 1.46. The molecule has 0 radical (unpaired) electrons. The summed E-state index contributed by atoms with van der Waals surface area (Å²) in [6, 6.07) is 61.7. The molecule has 10 rings (SSSR count). The zero-order valence-electron chi connectivity index (χ0n) is 27.6. The predicted octanol–water partition coefficient (Wildman–Crippen LogP) is 11.7. The fourth-order valence-corrected chi connectivity index (χ4v) is 7.33. The molecule has 4 heteroatoms. The average Bonchev–Trinajstić information content (AvgIpc) is 3.60. The Morgan fingerprint density at radius 2 is 1.12 bits per heavy atom. The highest BCUT2D eigenvalue weighted by Gasteiger charge is 2.24. The lowest BCUT2D eigenvalue weighted by Crippen LogP contribution is -2.33. The third-order valence-corrected chi connectivity index (χ3v) is 9.92. The van der Waals surface area contributed by atoms with Crippen molar-refractivity contribution < 1.29 is 4.42 Å². The first-order chi connectivity index (χ1) is 25.2. The van der Waals surface area contributed by atoms with Crippen molar-refractivity contribution in [3.63, 3.8) is 0 Å². The molecule has 4 nitrogen and oxygen atoms in total. The van der Waals surface area contributed by atoms with Crippen molar-refractivity contribution in [2.24, 2.45) is 9.98 Å². The van der Waals surface area contributed by atoms with Crippen LogP contribution in [0.3, 0.4) is 0 Å². The maximum absolute atomic E-state index is 6.68. The molecule has 51 heavy (non-hydrogen) atoms. The van der Waals surface area contributed by atoms with Gasteiger partial charge in [-0.1, -0.05) is 158 Å². The van der Waals surface area contributed by atoms with Crippen LogP contribution in [0.4, 0.5) is 0 Å². The molecule has 0 saturated heterocycles. The van der Waals surface area contributed by atoms with Crippen molar-refractivity contribution in [2.75, 3.05) is 0 Å². The normalized spacial score (nSPS) is 14.5. The van der Waals surface area contributed by atoms with Crippen LogP contribution >= 0.6 is 0 Å². The average molecular weight is 654 g/mol. The Kier molecular flexibility index (Phi) is 6.85. The van der Waals surface area contributed by atoms with Crippen molar-refractivity contribution in [3.05, 3.63) is 193 Å². The van der Waals surface area contributed by atoms with Crippen molar-refractivity contribution >= 4 is 55.2 Å². The van der Waals surface area contributed by atoms with Crippen LogP contribution in [0.15, 0.2) is 190 Å². The molecule has 1 atom stereocenters. The van der Waals surface area contributed by atoms with E-state index in [1.54, 1.807) is 0 Å². The second-order valence-corrected chi connectivity index (χ2v) is 13.0. The summed E-state index contributed by atoms with van der Waals surface area (Å²) >= 11 is 0. The van der Waals surface area contributed by atoms with Gasteiger partial charge in [0.2, 0.25) is 0 Å². The molecule has 1 aliphatic heterocycles. The van der Waals surface area contributed by atoms with Crippen LogP contribution in [0.1, 0.15) is 22.9 Å². The van der Waals surface area contributed by atoms with Gasteiger partial charge in [-0.2, -0.15) is 0 Å². The lowest BCUT2D eigenvalue weighted by atomic mass is 9.97. The first-order valence-electron chi connectivity index (χ1n) is 17.3. The van der Waals surface area contributed by atoms with Crippen LogP contribution in [0, 0.1) is 0 Å². The molecular weight excluding hydrogens is 623 g/mol. The van der Waals surface area contributed by atoms with E-state index >= 15 is 0 Å². The van der Waals surface area contributed by atoms with E-state index in [4.69, 9.17) is 14.4 Å². The highest BCUT2D eigenvalue weighted by atomic mass is 16.3. The first kappa shape index (κ1) is 29.2. The van der Waals surface area contributed by atoms with E-state index in [1.165, 1.54) is 32.7 Å². The molecule has 0 spiro atoms. The van der Waals surface area contributed by atoms with E-state index in [0.717, 1.165) is 55.6 Å². The number of para-hydroxylation sites is 1. The second kappa shape index (κ2) is 12.0. The standard InChI is InChI=1S/C47H31N3O/c1-2-12-34(13-3-1)45-48-46(38-27-23-31-11-5-7-15-36(31)29-38)50-47(49-45)41-18-9-19-42-43(41)40-17-8-16-39(44(40)51-42)33-24-20-32(21-25-33)37-26-22-30-10-4-6-14-35(30)28-37/h1-29,46H,(H,48,49,50). The van der Waals surface area contributed by atoms with Crippen LogP contribution in [0.5, 0.6) is 0 Å². The Hall–Kier alpha value is -6.78. The molecule has 1 aromatic heterocycles. The van der Waals surface area contributed by atoms with E-state index in [9.17, 15) is 0 Å². The molecule has 0 bridgehead atoms. The lowest BCUT2D eigenvalue weighted by Gasteiger charge is -2.24. The van der Waals surface area contributed by atoms with Gasteiger partial charge >= 0.3 is 0 Å². The van der Waals surface area contributed by atoms with Gasteiger partial charge in [-0.15, -0.1) is 0 Å². The molecule has 1 unspecified atom stereocenters. The Morgan fingerprint density at radius 1 is 0.471 bits per heavy atom. The zero-order valence-corrected chi connectivity index (χ0v) is 27.6. The number of aliphatic imine (C=N–C) groups is 2. The van der Waals surface area contributed by atoms with Crippen LogP contribution in [-0.4, -0.2) is 11.7 Å². The van der Waals surface area contributed by atoms with Gasteiger partial charge in [-0.3, -0.25) is 0 Å². The predicted molar refractivity (Wildman–Crippen MR) is 211 cm³/mol. The van der Waals surface area contributed by atoms with Gasteiger partial charge in [-0.05, 0) is 62.0 Å². The highest BCUT2D eigenvalue weighted by Crippen LogP contribution is 2.39. The molecule has 9 aromatic rings. The Morgan fingerprint density at radius 3 is 1.92 bits per heavy atom. The van der Waals surface area contributed by atoms with Gasteiger partial charge < -0.3 is 9.73 Å². The maximum Gasteiger partial charge on any atom is 0.160 e. The smallest absolute Gasteiger partial charge is 0.160 e. The number of furan rings is 1. The number of fused-ring (bicyclic) bond motifs is 5. The van der Waals surface area contributed by atoms with Crippen molar-refractivity contribution in [3.8, 4) is 22.3 Å². The van der Waals surface area contributed by atoms with E-state index in [-0.39, 0.29) is 6.17 Å². The summed E-state index contributed by atoms with van der Waals surface area (Å²) in [4.78, 5) is 10.4. The molecule has 8 aromatic carbocycles. The number of nitrogens with zero attached hydrogens (tertiary/aromatic N) is 2. The summed E-state index contributed by atoms with van der Waals surface area (Å²) in [5.41, 5.74) is 9.22. The SMILES string of the molecule is c1ccc(C2=NC(c3cccc4oc5c(-c6ccc(-c7ccc8ccccc8c7)cc6)cccc5c34)=NC(c3ccc4ccccc4c3)N2)cc1. The van der Waals surface area contributed by atoms with Crippen molar-refractivity contribution in [2.45, 2.75) is 6.17 Å². The van der Waals surface area contributed by atoms with Gasteiger partial charge in [0.25, 0.3) is 0 Å². The number of rotatable bonds is 5. The quantitative estimate of drug-likeness (QED) is 0.201. The van der Waals surface area contributed by atoms with Crippen LogP contribution in [0.25, 0.3) is 65.7 Å². The van der Waals surface area contributed by atoms with Gasteiger partial charge in [0.05, 0.1) is 0 Å². The molecule has 0 amide bonds. The Labute approximate surface area is 295 Å². The molecule has 1 N–H and O–H groups in total. The minimum atomic E-state index is -0.317. The fourth-order valence-electron chi connectivity index (χ4n) is 7.33. The summed E-state index contributed by atoms with van der Waals surface area (Å²) in [5, 5.41) is 10.5. The molecule has 0 saturated carbocycles. The van der Waals surface area contributed by atoms with Gasteiger partial charge in [0.1, 0.15) is 23.2 Å². The van der Waals surface area contributed by atoms with E-state index in [1.807, 2.05) is 30.3 Å². The van der Waals surface area contributed by atoms with E-state index < -0.39 is 0 Å². The number of nitrogens with one attached hydrogen (secondary N) is 1. The van der Waals surface area contributed by atoms with Gasteiger partial charge in [0, 0.05) is 27.5 Å². The number of hydrogen-bond donors (Lipinski definition) is 1.